The number of carbonyl (C=O) groups is 1. The van der Waals surface area contributed by atoms with E-state index in [1.54, 1.807) is 0 Å². The quantitative estimate of drug-likeness (QED) is 0.784. The Kier molecular flexibility index (Phi) is 4.62. The molecule has 1 aliphatic heterocycles. The fourth-order valence-electron chi connectivity index (χ4n) is 3.10. The van der Waals surface area contributed by atoms with Crippen molar-refractivity contribution in [1.82, 2.24) is 5.32 Å². The van der Waals surface area contributed by atoms with E-state index in [0.29, 0.717) is 6.42 Å². The van der Waals surface area contributed by atoms with E-state index in [-0.39, 0.29) is 30.1 Å². The molecule has 2 fully saturated rings. The molecule has 0 aromatic heterocycles. The maximum absolute atomic E-state index is 11.9. The number of aliphatic hydroxyl groups is 1. The predicted molar refractivity (Wildman–Crippen MR) is 69.2 cm³/mol. The van der Waals surface area contributed by atoms with Gasteiger partial charge in [-0.15, -0.1) is 0 Å². The molecule has 3 unspecified atom stereocenters. The summed E-state index contributed by atoms with van der Waals surface area (Å²) in [7, 11) is 0. The summed E-state index contributed by atoms with van der Waals surface area (Å²) >= 11 is 0. The van der Waals surface area contributed by atoms with Crippen molar-refractivity contribution in [2.75, 3.05) is 13.2 Å². The zero-order chi connectivity index (χ0) is 13.0. The second-order valence-corrected chi connectivity index (χ2v) is 6.00. The van der Waals surface area contributed by atoms with Crippen molar-refractivity contribution >= 4 is 5.91 Å². The van der Waals surface area contributed by atoms with Crippen LogP contribution in [0.2, 0.25) is 0 Å². The molecule has 2 rings (SSSR count). The fourth-order valence-corrected chi connectivity index (χ4v) is 3.10. The monoisotopic (exact) mass is 255 g/mol. The van der Waals surface area contributed by atoms with Crippen molar-refractivity contribution in [3.63, 3.8) is 0 Å². The van der Waals surface area contributed by atoms with E-state index in [1.807, 2.05) is 0 Å². The van der Waals surface area contributed by atoms with Crippen molar-refractivity contribution < 1.29 is 14.6 Å². The molecule has 0 bridgehead atoms. The van der Waals surface area contributed by atoms with Crippen LogP contribution in [0, 0.1) is 5.41 Å². The molecule has 1 saturated carbocycles. The number of rotatable bonds is 5. The normalized spacial score (nSPS) is 35.9. The van der Waals surface area contributed by atoms with Gasteiger partial charge in [0.1, 0.15) is 0 Å². The largest absolute Gasteiger partial charge is 0.396 e. The van der Waals surface area contributed by atoms with Gasteiger partial charge in [0, 0.05) is 24.5 Å². The van der Waals surface area contributed by atoms with Crippen LogP contribution in [0.4, 0.5) is 0 Å². The van der Waals surface area contributed by atoms with Crippen LogP contribution < -0.4 is 5.32 Å². The highest BCUT2D eigenvalue weighted by molar-refractivity contribution is 5.76. The molecule has 0 aromatic rings. The van der Waals surface area contributed by atoms with Crippen LogP contribution in [0.25, 0.3) is 0 Å². The summed E-state index contributed by atoms with van der Waals surface area (Å²) in [5.41, 5.74) is -0.125. The maximum atomic E-state index is 11.9. The zero-order valence-corrected chi connectivity index (χ0v) is 11.3. The number of hydrogen-bond acceptors (Lipinski definition) is 3. The molecule has 2 aliphatic rings. The Hall–Kier alpha value is -0.610. The van der Waals surface area contributed by atoms with Gasteiger partial charge in [0.2, 0.25) is 5.91 Å². The Bertz CT molecular complexity index is 289. The molecule has 1 heterocycles. The number of hydrogen-bond donors (Lipinski definition) is 2. The topological polar surface area (TPSA) is 58.6 Å². The number of nitrogens with one attached hydrogen (secondary N) is 1. The fraction of sp³-hybridized carbons (Fsp3) is 0.929. The Morgan fingerprint density at radius 2 is 2.28 bits per heavy atom. The minimum atomic E-state index is -0.125. The van der Waals surface area contributed by atoms with Crippen molar-refractivity contribution in [1.29, 1.82) is 0 Å². The zero-order valence-electron chi connectivity index (χ0n) is 11.3. The maximum Gasteiger partial charge on any atom is 0.220 e. The highest BCUT2D eigenvalue weighted by atomic mass is 16.5. The molecule has 4 heteroatoms. The number of ether oxygens (including phenoxy) is 1. The molecule has 0 aromatic carbocycles. The minimum absolute atomic E-state index is 0.108. The summed E-state index contributed by atoms with van der Waals surface area (Å²) in [6.07, 6.45) is 6.94. The van der Waals surface area contributed by atoms with Crippen LogP contribution in [-0.4, -0.2) is 36.4 Å². The van der Waals surface area contributed by atoms with E-state index >= 15 is 0 Å². The van der Waals surface area contributed by atoms with E-state index in [2.05, 4.69) is 12.2 Å². The molecule has 3 atom stereocenters. The van der Waals surface area contributed by atoms with Crippen molar-refractivity contribution in [2.24, 2.45) is 5.41 Å². The molecule has 104 valence electrons. The highest BCUT2D eigenvalue weighted by Gasteiger charge is 2.38. The third-order valence-corrected chi connectivity index (χ3v) is 4.50. The lowest BCUT2D eigenvalue weighted by Gasteiger charge is -2.30. The lowest BCUT2D eigenvalue weighted by atomic mass is 9.85. The first-order valence-electron chi connectivity index (χ1n) is 7.16. The number of carbonyl (C=O) groups excluding carboxylic acids is 1. The first kappa shape index (κ1) is 13.8. The summed E-state index contributed by atoms with van der Waals surface area (Å²) in [4.78, 5) is 11.9. The van der Waals surface area contributed by atoms with E-state index in [1.165, 1.54) is 0 Å². The second kappa shape index (κ2) is 6.02. The van der Waals surface area contributed by atoms with Crippen LogP contribution in [0.3, 0.4) is 0 Å². The van der Waals surface area contributed by atoms with Crippen molar-refractivity contribution in [3.05, 3.63) is 0 Å². The minimum Gasteiger partial charge on any atom is -0.396 e. The Balaban J connectivity index is 1.73. The van der Waals surface area contributed by atoms with Gasteiger partial charge in [0.15, 0.2) is 0 Å². The van der Waals surface area contributed by atoms with Crippen LogP contribution in [0.5, 0.6) is 0 Å². The van der Waals surface area contributed by atoms with E-state index < -0.39 is 0 Å². The van der Waals surface area contributed by atoms with E-state index in [0.717, 1.165) is 45.1 Å². The summed E-state index contributed by atoms with van der Waals surface area (Å²) in [6.45, 7) is 3.06. The van der Waals surface area contributed by atoms with Gasteiger partial charge in [0.25, 0.3) is 0 Å². The molecule has 1 saturated heterocycles. The van der Waals surface area contributed by atoms with Crippen molar-refractivity contribution in [3.8, 4) is 0 Å². The molecule has 0 radical (unpaired) electrons. The van der Waals surface area contributed by atoms with Gasteiger partial charge in [-0.25, -0.2) is 0 Å². The number of amides is 1. The Morgan fingerprint density at radius 1 is 1.44 bits per heavy atom. The van der Waals surface area contributed by atoms with Gasteiger partial charge >= 0.3 is 0 Å². The third kappa shape index (κ3) is 3.23. The smallest absolute Gasteiger partial charge is 0.220 e. The summed E-state index contributed by atoms with van der Waals surface area (Å²) in [6, 6.07) is 0.138. The van der Waals surface area contributed by atoms with Gasteiger partial charge < -0.3 is 15.2 Å². The molecule has 0 spiro atoms. The van der Waals surface area contributed by atoms with Gasteiger partial charge in [-0.3, -0.25) is 4.79 Å². The van der Waals surface area contributed by atoms with E-state index in [4.69, 9.17) is 4.74 Å². The Labute approximate surface area is 109 Å². The summed E-state index contributed by atoms with van der Waals surface area (Å²) in [5, 5.41) is 12.5. The van der Waals surface area contributed by atoms with Crippen LogP contribution in [0.1, 0.15) is 51.9 Å². The van der Waals surface area contributed by atoms with Crippen LogP contribution >= 0.6 is 0 Å². The lowest BCUT2D eigenvalue weighted by molar-refractivity contribution is -0.123. The SMILES string of the molecule is CC1(CO)CCCC1NC(=O)CCC1CCCO1. The lowest BCUT2D eigenvalue weighted by Crippen LogP contribution is -2.44. The van der Waals surface area contributed by atoms with Gasteiger partial charge in [-0.1, -0.05) is 13.3 Å². The molecule has 2 N–H and O–H groups in total. The van der Waals surface area contributed by atoms with E-state index in [9.17, 15) is 9.90 Å². The standard InChI is InChI=1S/C14H25NO3/c1-14(10-16)8-2-5-12(14)15-13(17)7-6-11-4-3-9-18-11/h11-12,16H,2-10H2,1H3,(H,15,17). The number of aliphatic hydroxyl groups excluding tert-OH is 1. The molecule has 4 nitrogen and oxygen atoms in total. The van der Waals surface area contributed by atoms with Crippen molar-refractivity contribution in [2.45, 2.75) is 64.0 Å². The molecular weight excluding hydrogens is 230 g/mol. The predicted octanol–water partition coefficient (Wildman–Crippen LogP) is 1.61. The van der Waals surface area contributed by atoms with Crippen LogP contribution in [-0.2, 0) is 9.53 Å². The first-order valence-corrected chi connectivity index (χ1v) is 7.16. The Morgan fingerprint density at radius 3 is 2.94 bits per heavy atom. The van der Waals surface area contributed by atoms with Crippen LogP contribution in [0.15, 0.2) is 0 Å². The molecule has 18 heavy (non-hydrogen) atoms. The molecule has 1 amide bonds. The average Bonchev–Trinajstić information content (AvgIpc) is 2.98. The summed E-state index contributed by atoms with van der Waals surface area (Å²) in [5.74, 6) is 0.108. The van der Waals surface area contributed by atoms with Gasteiger partial charge in [-0.2, -0.15) is 0 Å². The second-order valence-electron chi connectivity index (χ2n) is 6.00. The average molecular weight is 255 g/mol. The summed E-state index contributed by atoms with van der Waals surface area (Å²) < 4.78 is 5.52. The van der Waals surface area contributed by atoms with Gasteiger partial charge in [-0.05, 0) is 32.1 Å². The highest BCUT2D eigenvalue weighted by Crippen LogP contribution is 2.37. The third-order valence-electron chi connectivity index (χ3n) is 4.50. The first-order chi connectivity index (χ1) is 8.64. The van der Waals surface area contributed by atoms with Gasteiger partial charge in [0.05, 0.1) is 12.7 Å². The molecular formula is C14H25NO3. The molecule has 1 aliphatic carbocycles.